The number of carbonyl (C=O) groups is 1. The third-order valence-electron chi connectivity index (χ3n) is 4.95. The van der Waals surface area contributed by atoms with Gasteiger partial charge < -0.3 is 25.0 Å². The highest BCUT2D eigenvalue weighted by molar-refractivity contribution is 7.92. The quantitative estimate of drug-likeness (QED) is 0.221. The van der Waals surface area contributed by atoms with Gasteiger partial charge in [-0.1, -0.05) is 0 Å². The zero-order chi connectivity index (χ0) is 24.9. The first-order valence-electron chi connectivity index (χ1n) is 10.5. The molecule has 0 aliphatic carbocycles. The van der Waals surface area contributed by atoms with Crippen LogP contribution in [0.2, 0.25) is 0 Å². The monoisotopic (exact) mass is 488 g/mol. The number of fused-ring (bicyclic) bond motifs is 1. The molecule has 3 rings (SSSR count). The normalized spacial score (nSPS) is 11.6. The maximum Gasteiger partial charge on any atom is 0.323 e. The average molecular weight is 489 g/mol. The average Bonchev–Trinajstić information content (AvgIpc) is 3.08. The second-order valence-electron chi connectivity index (χ2n) is 8.02. The number of amidine groups is 1. The molecule has 3 aromatic rings. The molecule has 12 heteroatoms. The Kier molecular flexibility index (Phi) is 7.74. The van der Waals surface area contributed by atoms with Crippen LogP contribution in [0.3, 0.4) is 0 Å². The number of imidazole rings is 1. The molecule has 0 radical (unpaired) electrons. The number of nitrogens with one attached hydrogen (secondary N) is 2. The molecule has 11 nitrogen and oxygen atoms in total. The van der Waals surface area contributed by atoms with Crippen molar-refractivity contribution in [3.8, 4) is 5.75 Å². The summed E-state index contributed by atoms with van der Waals surface area (Å²) in [6, 6.07) is 11.4. The van der Waals surface area contributed by atoms with Gasteiger partial charge in [-0.2, -0.15) is 0 Å². The number of ether oxygens (including phenoxy) is 1. The molecule has 0 atom stereocenters. The summed E-state index contributed by atoms with van der Waals surface area (Å²) in [4.78, 5) is 17.9. The van der Waals surface area contributed by atoms with E-state index in [0.29, 0.717) is 46.8 Å². The van der Waals surface area contributed by atoms with Gasteiger partial charge in [0.25, 0.3) is 0 Å². The van der Waals surface area contributed by atoms with Crippen molar-refractivity contribution in [2.75, 3.05) is 31.1 Å². The molecule has 0 unspecified atom stereocenters. The first kappa shape index (κ1) is 25.0. The zero-order valence-electron chi connectivity index (χ0n) is 19.0. The summed E-state index contributed by atoms with van der Waals surface area (Å²) in [5.74, 6) is -0.275. The molecule has 0 fully saturated rings. The van der Waals surface area contributed by atoms with E-state index in [2.05, 4.69) is 9.71 Å². The predicted octanol–water partition coefficient (Wildman–Crippen LogP) is 1.68. The lowest BCUT2D eigenvalue weighted by molar-refractivity contribution is -0.137. The summed E-state index contributed by atoms with van der Waals surface area (Å²) < 4.78 is 34.6. The Morgan fingerprint density at radius 1 is 1.24 bits per heavy atom. The van der Waals surface area contributed by atoms with Gasteiger partial charge in [0.1, 0.15) is 30.6 Å². The Morgan fingerprint density at radius 3 is 2.56 bits per heavy atom. The van der Waals surface area contributed by atoms with E-state index in [4.69, 9.17) is 15.9 Å². The number of sulfonamides is 1. The van der Waals surface area contributed by atoms with Gasteiger partial charge in [0.05, 0.1) is 22.5 Å². The molecule has 5 N–H and O–H groups in total. The fourth-order valence-electron chi connectivity index (χ4n) is 3.34. The van der Waals surface area contributed by atoms with Crippen LogP contribution in [0, 0.1) is 5.41 Å². The van der Waals surface area contributed by atoms with Gasteiger partial charge in [0.2, 0.25) is 10.0 Å². The highest BCUT2D eigenvalue weighted by Crippen LogP contribution is 2.23. The van der Waals surface area contributed by atoms with Gasteiger partial charge in [0, 0.05) is 5.56 Å². The van der Waals surface area contributed by atoms with E-state index in [9.17, 15) is 18.3 Å². The van der Waals surface area contributed by atoms with E-state index in [-0.39, 0.29) is 24.7 Å². The molecule has 0 aliphatic rings. The Morgan fingerprint density at radius 2 is 1.94 bits per heavy atom. The molecular formula is C22H28N6O5S. The molecule has 0 bridgehead atoms. The van der Waals surface area contributed by atoms with Crippen molar-refractivity contribution in [3.05, 3.63) is 53.9 Å². The van der Waals surface area contributed by atoms with E-state index in [1.54, 1.807) is 42.5 Å². The molecule has 34 heavy (non-hydrogen) atoms. The lowest BCUT2D eigenvalue weighted by Crippen LogP contribution is -2.21. The summed E-state index contributed by atoms with van der Waals surface area (Å²) in [6.07, 6.45) is 0.483. The van der Waals surface area contributed by atoms with Gasteiger partial charge in [-0.05, 0) is 69.5 Å². The summed E-state index contributed by atoms with van der Waals surface area (Å²) in [6.45, 7) is 0.274. The van der Waals surface area contributed by atoms with E-state index in [0.717, 1.165) is 0 Å². The molecule has 182 valence electrons. The minimum absolute atomic E-state index is 0.00697. The Bertz CT molecular complexity index is 1290. The molecule has 0 amide bonds. The number of carboxylic acid groups (broad SMARTS) is 1. The minimum Gasteiger partial charge on any atom is -0.486 e. The number of hydrogen-bond acceptors (Lipinski definition) is 7. The molecule has 0 saturated carbocycles. The molecule has 0 aliphatic heterocycles. The van der Waals surface area contributed by atoms with Crippen LogP contribution in [-0.4, -0.2) is 66.2 Å². The lowest BCUT2D eigenvalue weighted by Gasteiger charge is -2.12. The van der Waals surface area contributed by atoms with Gasteiger partial charge in [-0.25, -0.2) is 13.4 Å². The van der Waals surface area contributed by atoms with E-state index >= 15 is 0 Å². The number of benzene rings is 2. The number of rotatable bonds is 12. The highest BCUT2D eigenvalue weighted by Gasteiger charge is 2.17. The molecule has 1 aromatic heterocycles. The SMILES string of the molecule is CN(C)CCCS(=O)(=O)Nc1ccc2nc(COc3ccc(C(=N)N)cc3)n(CC(=O)O)c2c1. The van der Waals surface area contributed by atoms with Gasteiger partial charge in [0.15, 0.2) is 0 Å². The van der Waals surface area contributed by atoms with Crippen LogP contribution in [-0.2, 0) is 28.0 Å². The first-order valence-corrected chi connectivity index (χ1v) is 12.1. The lowest BCUT2D eigenvalue weighted by atomic mass is 10.2. The topological polar surface area (TPSA) is 164 Å². The second-order valence-corrected chi connectivity index (χ2v) is 9.86. The number of nitrogens with zero attached hydrogens (tertiary/aromatic N) is 3. The Labute approximate surface area is 197 Å². The van der Waals surface area contributed by atoms with Crippen molar-refractivity contribution in [1.82, 2.24) is 14.5 Å². The Balaban J connectivity index is 1.82. The molecule has 1 heterocycles. The maximum atomic E-state index is 12.4. The predicted molar refractivity (Wildman–Crippen MR) is 130 cm³/mol. The number of hydrogen-bond donors (Lipinski definition) is 4. The van der Waals surface area contributed by atoms with E-state index < -0.39 is 16.0 Å². The number of anilines is 1. The summed E-state index contributed by atoms with van der Waals surface area (Å²) >= 11 is 0. The van der Waals surface area contributed by atoms with Crippen molar-refractivity contribution in [3.63, 3.8) is 0 Å². The molecule has 0 spiro atoms. The van der Waals surface area contributed by atoms with Gasteiger partial charge >= 0.3 is 5.97 Å². The zero-order valence-corrected chi connectivity index (χ0v) is 19.8. The first-order chi connectivity index (χ1) is 16.0. The van der Waals surface area contributed by atoms with Crippen LogP contribution in [0.15, 0.2) is 42.5 Å². The molecule has 2 aromatic carbocycles. The van der Waals surface area contributed by atoms with Crippen molar-refractivity contribution < 1.29 is 23.1 Å². The number of nitrogen functional groups attached to an aromatic ring is 1. The fourth-order valence-corrected chi connectivity index (χ4v) is 4.44. The highest BCUT2D eigenvalue weighted by atomic mass is 32.2. The molecular weight excluding hydrogens is 460 g/mol. The van der Waals surface area contributed by atoms with E-state index in [1.165, 1.54) is 4.57 Å². The minimum atomic E-state index is -3.56. The van der Waals surface area contributed by atoms with Crippen LogP contribution >= 0.6 is 0 Å². The third-order valence-corrected chi connectivity index (χ3v) is 6.32. The summed E-state index contributed by atoms with van der Waals surface area (Å²) in [7, 11) is 0.195. The van der Waals surface area contributed by atoms with Crippen LogP contribution < -0.4 is 15.2 Å². The van der Waals surface area contributed by atoms with Crippen molar-refractivity contribution in [2.24, 2.45) is 5.73 Å². The number of aliphatic carboxylic acids is 1. The van der Waals surface area contributed by atoms with Crippen molar-refractivity contribution in [2.45, 2.75) is 19.6 Å². The summed E-state index contributed by atoms with van der Waals surface area (Å²) in [5.41, 5.74) is 7.33. The van der Waals surface area contributed by atoms with Gasteiger partial charge in [-0.3, -0.25) is 14.9 Å². The second kappa shape index (κ2) is 10.5. The summed E-state index contributed by atoms with van der Waals surface area (Å²) in [5, 5.41) is 16.8. The van der Waals surface area contributed by atoms with Crippen LogP contribution in [0.1, 0.15) is 17.8 Å². The van der Waals surface area contributed by atoms with E-state index in [1.807, 2.05) is 19.0 Å². The van der Waals surface area contributed by atoms with Gasteiger partial charge in [-0.15, -0.1) is 0 Å². The number of nitrogens with two attached hydrogens (primary N) is 1. The Hall–Kier alpha value is -3.64. The smallest absolute Gasteiger partial charge is 0.323 e. The standard InChI is InChI=1S/C22H28N6O5S/c1-27(2)10-3-11-34(31,32)26-16-6-9-18-19(12-16)28(13-21(29)30)20(25-18)14-33-17-7-4-15(5-8-17)22(23)24/h4-9,12,26H,3,10-11,13-14H2,1-2H3,(H3,23,24)(H,29,30). The fraction of sp³-hybridized carbons (Fsp3) is 0.318. The number of aromatic nitrogens is 2. The third kappa shape index (κ3) is 6.68. The largest absolute Gasteiger partial charge is 0.486 e. The van der Waals surface area contributed by atoms with Crippen LogP contribution in [0.4, 0.5) is 5.69 Å². The van der Waals surface area contributed by atoms with Crippen LogP contribution in [0.5, 0.6) is 5.75 Å². The van der Waals surface area contributed by atoms with Crippen LogP contribution in [0.25, 0.3) is 11.0 Å². The number of carboxylic acids is 1. The van der Waals surface area contributed by atoms with Crippen molar-refractivity contribution >= 4 is 38.5 Å². The maximum absolute atomic E-state index is 12.4. The van der Waals surface area contributed by atoms with Crippen molar-refractivity contribution in [1.29, 1.82) is 5.41 Å². The molecule has 0 saturated heterocycles.